The summed E-state index contributed by atoms with van der Waals surface area (Å²) in [6, 6.07) is 1.67. The van der Waals surface area contributed by atoms with E-state index >= 15 is 0 Å². The summed E-state index contributed by atoms with van der Waals surface area (Å²) >= 11 is 1.42. The van der Waals surface area contributed by atoms with E-state index in [1.54, 1.807) is 6.07 Å². The summed E-state index contributed by atoms with van der Waals surface area (Å²) in [5, 5.41) is 12.7. The maximum absolute atomic E-state index is 13.1. The number of halogens is 2. The van der Waals surface area contributed by atoms with Crippen molar-refractivity contribution in [1.82, 2.24) is 4.98 Å². The van der Waals surface area contributed by atoms with Crippen molar-refractivity contribution in [1.29, 1.82) is 0 Å². The van der Waals surface area contributed by atoms with Gasteiger partial charge in [0.15, 0.2) is 0 Å². The number of aliphatic hydroxyl groups is 1. The predicted octanol–water partition coefficient (Wildman–Crippen LogP) is 1.90. The number of aromatic nitrogens is 1. The highest BCUT2D eigenvalue weighted by Gasteiger charge is 2.43. The molecule has 0 bridgehead atoms. The Labute approximate surface area is 89.9 Å². The van der Waals surface area contributed by atoms with Crippen LogP contribution in [0.5, 0.6) is 0 Å². The molecule has 0 radical (unpaired) electrons. The van der Waals surface area contributed by atoms with Gasteiger partial charge in [-0.2, -0.15) is 0 Å². The zero-order chi connectivity index (χ0) is 11.1. The Morgan fingerprint density at radius 1 is 1.67 bits per heavy atom. The molecular formula is C9H10F2N2OS. The summed E-state index contributed by atoms with van der Waals surface area (Å²) in [6.07, 6.45) is 1.38. The van der Waals surface area contributed by atoms with E-state index in [-0.39, 0.29) is 5.56 Å². The van der Waals surface area contributed by atoms with Crippen molar-refractivity contribution >= 4 is 17.4 Å². The minimum absolute atomic E-state index is 0.157. The Bertz CT molecular complexity index is 386. The van der Waals surface area contributed by atoms with Crippen LogP contribution in [0.15, 0.2) is 17.3 Å². The van der Waals surface area contributed by atoms with Crippen LogP contribution >= 0.6 is 11.8 Å². The number of nitrogens with one attached hydrogen (secondary N) is 1. The fourth-order valence-electron chi connectivity index (χ4n) is 1.47. The zero-order valence-corrected chi connectivity index (χ0v) is 8.81. The number of fused-ring (bicyclic) bond motifs is 1. The fourth-order valence-corrected chi connectivity index (χ4v) is 1.86. The molecule has 6 heteroatoms. The predicted molar refractivity (Wildman–Crippen MR) is 54.4 cm³/mol. The van der Waals surface area contributed by atoms with Crippen molar-refractivity contribution in [2.24, 2.45) is 0 Å². The van der Waals surface area contributed by atoms with Crippen LogP contribution in [0.3, 0.4) is 0 Å². The average Bonchev–Trinajstić information content (AvgIpc) is 2.23. The number of anilines is 1. The maximum Gasteiger partial charge on any atom is 0.294 e. The Hall–Kier alpha value is -0.880. The molecule has 3 nitrogen and oxygen atoms in total. The second kappa shape index (κ2) is 3.61. The van der Waals surface area contributed by atoms with E-state index in [4.69, 9.17) is 0 Å². The largest absolute Gasteiger partial charge is 0.382 e. The van der Waals surface area contributed by atoms with Gasteiger partial charge in [-0.3, -0.25) is 0 Å². The molecule has 2 N–H and O–H groups in total. The molecule has 0 aliphatic carbocycles. The van der Waals surface area contributed by atoms with Crippen molar-refractivity contribution < 1.29 is 13.9 Å². The van der Waals surface area contributed by atoms with E-state index in [1.807, 2.05) is 6.26 Å². The molecule has 15 heavy (non-hydrogen) atoms. The Morgan fingerprint density at radius 2 is 2.40 bits per heavy atom. The number of thioether (sulfide) groups is 1. The van der Waals surface area contributed by atoms with Crippen LogP contribution in [0.25, 0.3) is 0 Å². The average molecular weight is 232 g/mol. The van der Waals surface area contributed by atoms with Gasteiger partial charge in [-0.25, -0.2) is 13.8 Å². The Kier molecular flexibility index (Phi) is 2.56. The molecule has 1 aliphatic heterocycles. The van der Waals surface area contributed by atoms with E-state index in [2.05, 4.69) is 10.3 Å². The molecule has 0 fully saturated rings. The number of hydrogen-bond acceptors (Lipinski definition) is 4. The lowest BCUT2D eigenvalue weighted by Crippen LogP contribution is -2.38. The smallest absolute Gasteiger partial charge is 0.294 e. The fraction of sp³-hybridized carbons (Fsp3) is 0.444. The molecule has 2 heterocycles. The Balaban J connectivity index is 2.42. The van der Waals surface area contributed by atoms with E-state index in [9.17, 15) is 13.9 Å². The van der Waals surface area contributed by atoms with E-state index in [1.165, 1.54) is 18.0 Å². The quantitative estimate of drug-likeness (QED) is 0.726. The normalized spacial score (nSPS) is 23.1. The van der Waals surface area contributed by atoms with Gasteiger partial charge in [0.05, 0.1) is 11.6 Å². The standard InChI is InChI=1S/C9H10F2N2OS/c1-15-7-2-6-5(3-12-7)8(14)9(10,11)4-13-6/h2-3,8,13-14H,4H2,1H3/t8-/m1/s1. The molecule has 1 aromatic rings. The second-order valence-electron chi connectivity index (χ2n) is 3.33. The molecule has 0 spiro atoms. The molecule has 2 rings (SSSR count). The first-order valence-corrected chi connectivity index (χ1v) is 5.61. The molecule has 0 unspecified atom stereocenters. The minimum Gasteiger partial charge on any atom is -0.382 e. The lowest BCUT2D eigenvalue weighted by atomic mass is 10.00. The van der Waals surface area contributed by atoms with Crippen LogP contribution in [0.1, 0.15) is 11.7 Å². The molecule has 0 saturated carbocycles. The number of pyridine rings is 1. The summed E-state index contributed by atoms with van der Waals surface area (Å²) in [4.78, 5) is 3.96. The van der Waals surface area contributed by atoms with Crippen LogP contribution in [0.4, 0.5) is 14.5 Å². The number of aliphatic hydroxyl groups excluding tert-OH is 1. The summed E-state index contributed by atoms with van der Waals surface area (Å²) < 4.78 is 26.2. The summed E-state index contributed by atoms with van der Waals surface area (Å²) in [5.74, 6) is -3.13. The van der Waals surface area contributed by atoms with Crippen LogP contribution in [0, 0.1) is 0 Å². The van der Waals surface area contributed by atoms with Gasteiger partial charge in [0, 0.05) is 17.4 Å². The molecule has 0 saturated heterocycles. The summed E-state index contributed by atoms with van der Waals surface area (Å²) in [7, 11) is 0. The lowest BCUT2D eigenvalue weighted by molar-refractivity contribution is -0.103. The van der Waals surface area contributed by atoms with Crippen molar-refractivity contribution in [3.8, 4) is 0 Å². The summed E-state index contributed by atoms with van der Waals surface area (Å²) in [5.41, 5.74) is 0.692. The van der Waals surface area contributed by atoms with Gasteiger partial charge in [-0.1, -0.05) is 0 Å². The first kappa shape index (κ1) is 10.6. The van der Waals surface area contributed by atoms with Gasteiger partial charge >= 0.3 is 0 Å². The zero-order valence-electron chi connectivity index (χ0n) is 8.00. The van der Waals surface area contributed by atoms with Crippen LogP contribution in [0.2, 0.25) is 0 Å². The van der Waals surface area contributed by atoms with Gasteiger partial charge in [0.2, 0.25) is 0 Å². The van der Waals surface area contributed by atoms with Crippen molar-refractivity contribution in [3.05, 3.63) is 17.8 Å². The third-order valence-corrected chi connectivity index (χ3v) is 2.97. The maximum atomic E-state index is 13.1. The molecular weight excluding hydrogens is 222 g/mol. The van der Waals surface area contributed by atoms with E-state index < -0.39 is 18.6 Å². The second-order valence-corrected chi connectivity index (χ2v) is 4.16. The van der Waals surface area contributed by atoms with Gasteiger partial charge < -0.3 is 10.4 Å². The Morgan fingerprint density at radius 3 is 3.07 bits per heavy atom. The van der Waals surface area contributed by atoms with Crippen molar-refractivity contribution in [3.63, 3.8) is 0 Å². The van der Waals surface area contributed by atoms with Crippen molar-refractivity contribution in [2.45, 2.75) is 17.1 Å². The highest BCUT2D eigenvalue weighted by molar-refractivity contribution is 7.98. The molecule has 82 valence electrons. The van der Waals surface area contributed by atoms with Gasteiger partial charge in [0.1, 0.15) is 6.10 Å². The van der Waals surface area contributed by atoms with Crippen LogP contribution in [-0.2, 0) is 0 Å². The molecule has 0 amide bonds. The molecule has 1 atom stereocenters. The topological polar surface area (TPSA) is 45.2 Å². The third-order valence-electron chi connectivity index (χ3n) is 2.33. The summed E-state index contributed by atoms with van der Waals surface area (Å²) in [6.45, 7) is -0.543. The molecule has 1 aromatic heterocycles. The van der Waals surface area contributed by atoms with Crippen LogP contribution < -0.4 is 5.32 Å². The van der Waals surface area contributed by atoms with Crippen molar-refractivity contribution in [2.75, 3.05) is 18.1 Å². The molecule has 1 aliphatic rings. The number of rotatable bonds is 1. The minimum atomic E-state index is -3.13. The molecule has 0 aromatic carbocycles. The SMILES string of the molecule is CSc1cc2c(cn1)[C@@H](O)C(F)(F)CN2. The number of alkyl halides is 2. The highest BCUT2D eigenvalue weighted by atomic mass is 32.2. The number of nitrogens with zero attached hydrogens (tertiary/aromatic N) is 1. The van der Waals surface area contributed by atoms with Gasteiger partial charge in [0.25, 0.3) is 5.92 Å². The monoisotopic (exact) mass is 232 g/mol. The first-order chi connectivity index (χ1) is 7.04. The van der Waals surface area contributed by atoms with Gasteiger partial charge in [-0.05, 0) is 12.3 Å². The van der Waals surface area contributed by atoms with Gasteiger partial charge in [-0.15, -0.1) is 11.8 Å². The first-order valence-electron chi connectivity index (χ1n) is 4.38. The lowest BCUT2D eigenvalue weighted by Gasteiger charge is -2.30. The van der Waals surface area contributed by atoms with E-state index in [0.717, 1.165) is 5.03 Å². The van der Waals surface area contributed by atoms with E-state index in [0.29, 0.717) is 5.69 Å². The van der Waals surface area contributed by atoms with Crippen LogP contribution in [-0.4, -0.2) is 28.8 Å². The highest BCUT2D eigenvalue weighted by Crippen LogP contribution is 2.39. The number of hydrogen-bond donors (Lipinski definition) is 2. The third kappa shape index (κ3) is 1.79.